The maximum Gasteiger partial charge on any atom is 0.435 e. The van der Waals surface area contributed by atoms with Gasteiger partial charge in [0.05, 0.1) is 13.0 Å². The summed E-state index contributed by atoms with van der Waals surface area (Å²) in [5, 5.41) is 22.7. The average Bonchev–Trinajstić information content (AvgIpc) is 2.57. The second-order valence-electron chi connectivity index (χ2n) is 2.96. The molecule has 0 radical (unpaired) electrons. The molecular weight excluding hydrogens is 247 g/mol. The lowest BCUT2D eigenvalue weighted by Crippen LogP contribution is -2.19. The SMILES string of the molecule is O=C(O)CCn1nnc(C(=O)O)c1C(F)(F)F. The Balaban J connectivity index is 3.14. The molecule has 2 N–H and O–H groups in total. The molecule has 0 saturated heterocycles. The number of aromatic carboxylic acids is 1. The van der Waals surface area contributed by atoms with Gasteiger partial charge in [0, 0.05) is 0 Å². The molecule has 7 nitrogen and oxygen atoms in total. The van der Waals surface area contributed by atoms with Crippen LogP contribution < -0.4 is 0 Å². The number of carbonyl (C=O) groups is 2. The number of halogens is 3. The molecule has 1 aromatic rings. The lowest BCUT2D eigenvalue weighted by atomic mass is 10.3. The van der Waals surface area contributed by atoms with E-state index in [1.807, 2.05) is 0 Å². The highest BCUT2D eigenvalue weighted by molar-refractivity contribution is 5.86. The van der Waals surface area contributed by atoms with E-state index < -0.39 is 42.5 Å². The smallest absolute Gasteiger partial charge is 0.435 e. The Bertz CT molecular complexity index is 454. The van der Waals surface area contributed by atoms with E-state index in [2.05, 4.69) is 10.3 Å². The summed E-state index contributed by atoms with van der Waals surface area (Å²) in [6.07, 6.45) is -5.58. The van der Waals surface area contributed by atoms with E-state index in [1.54, 1.807) is 0 Å². The molecule has 0 saturated carbocycles. The topological polar surface area (TPSA) is 105 Å². The summed E-state index contributed by atoms with van der Waals surface area (Å²) in [5.74, 6) is -3.20. The number of aryl methyl sites for hydroxylation is 1. The number of aromatic nitrogens is 3. The third kappa shape index (κ3) is 2.92. The summed E-state index contributed by atoms with van der Waals surface area (Å²) in [4.78, 5) is 20.7. The van der Waals surface area contributed by atoms with Gasteiger partial charge in [0.2, 0.25) is 5.69 Å². The zero-order valence-corrected chi connectivity index (χ0v) is 8.10. The van der Waals surface area contributed by atoms with Gasteiger partial charge in [-0.05, 0) is 0 Å². The average molecular weight is 253 g/mol. The van der Waals surface area contributed by atoms with Gasteiger partial charge in [0.15, 0.2) is 5.69 Å². The van der Waals surface area contributed by atoms with Crippen LogP contribution in [0.5, 0.6) is 0 Å². The van der Waals surface area contributed by atoms with Crippen molar-refractivity contribution in [3.63, 3.8) is 0 Å². The zero-order valence-electron chi connectivity index (χ0n) is 8.10. The molecule has 0 fully saturated rings. The van der Waals surface area contributed by atoms with Crippen molar-refractivity contribution in [1.82, 2.24) is 15.0 Å². The van der Waals surface area contributed by atoms with Crippen LogP contribution in [0.2, 0.25) is 0 Å². The largest absolute Gasteiger partial charge is 0.481 e. The van der Waals surface area contributed by atoms with Crippen molar-refractivity contribution < 1.29 is 33.0 Å². The molecule has 0 bridgehead atoms. The highest BCUT2D eigenvalue weighted by Gasteiger charge is 2.41. The van der Waals surface area contributed by atoms with E-state index >= 15 is 0 Å². The van der Waals surface area contributed by atoms with E-state index in [0.717, 1.165) is 0 Å². The first-order valence-electron chi connectivity index (χ1n) is 4.19. The zero-order chi connectivity index (χ0) is 13.2. The van der Waals surface area contributed by atoms with Crippen LogP contribution in [0.1, 0.15) is 22.6 Å². The highest BCUT2D eigenvalue weighted by atomic mass is 19.4. The Kier molecular flexibility index (Phi) is 3.34. The van der Waals surface area contributed by atoms with Crippen molar-refractivity contribution in [1.29, 1.82) is 0 Å². The molecule has 17 heavy (non-hydrogen) atoms. The predicted molar refractivity (Wildman–Crippen MR) is 44.2 cm³/mol. The van der Waals surface area contributed by atoms with Crippen LogP contribution in [0.4, 0.5) is 13.2 Å². The van der Waals surface area contributed by atoms with Crippen LogP contribution >= 0.6 is 0 Å². The molecule has 0 atom stereocenters. The first-order valence-corrected chi connectivity index (χ1v) is 4.19. The Morgan fingerprint density at radius 3 is 2.29 bits per heavy atom. The first kappa shape index (κ1) is 12.9. The number of nitrogens with zero attached hydrogens (tertiary/aromatic N) is 3. The van der Waals surface area contributed by atoms with Crippen LogP contribution in [-0.4, -0.2) is 37.1 Å². The minimum atomic E-state index is -4.96. The molecule has 0 spiro atoms. The molecular formula is C7H6F3N3O4. The Morgan fingerprint density at radius 2 is 1.88 bits per heavy atom. The number of carboxylic acids is 2. The number of alkyl halides is 3. The lowest BCUT2D eigenvalue weighted by molar-refractivity contribution is -0.146. The van der Waals surface area contributed by atoms with Crippen LogP contribution in [0.3, 0.4) is 0 Å². The summed E-state index contributed by atoms with van der Waals surface area (Å²) >= 11 is 0. The second kappa shape index (κ2) is 4.39. The number of hydrogen-bond acceptors (Lipinski definition) is 4. The van der Waals surface area contributed by atoms with Crippen LogP contribution in [0.15, 0.2) is 0 Å². The standard InChI is InChI=1S/C7H6F3N3O4/c8-7(9,10)5-4(6(16)17)11-12-13(5)2-1-3(14)15/h1-2H2,(H,14,15)(H,16,17). The van der Waals surface area contributed by atoms with Gasteiger partial charge in [-0.2, -0.15) is 13.2 Å². The van der Waals surface area contributed by atoms with Crippen molar-refractivity contribution in [3.05, 3.63) is 11.4 Å². The fraction of sp³-hybridized carbons (Fsp3) is 0.429. The Hall–Kier alpha value is -2.13. The van der Waals surface area contributed by atoms with Gasteiger partial charge in [0.25, 0.3) is 0 Å². The van der Waals surface area contributed by atoms with Crippen molar-refractivity contribution in [2.75, 3.05) is 0 Å². The molecule has 1 heterocycles. The second-order valence-corrected chi connectivity index (χ2v) is 2.96. The molecule has 0 aliphatic rings. The van der Waals surface area contributed by atoms with Gasteiger partial charge >= 0.3 is 18.1 Å². The molecule has 0 aromatic carbocycles. The van der Waals surface area contributed by atoms with E-state index in [4.69, 9.17) is 10.2 Å². The summed E-state index contributed by atoms with van der Waals surface area (Å²) in [5.41, 5.74) is -2.81. The van der Waals surface area contributed by atoms with E-state index in [-0.39, 0.29) is 4.68 Å². The van der Waals surface area contributed by atoms with E-state index in [0.29, 0.717) is 0 Å². The van der Waals surface area contributed by atoms with Crippen LogP contribution in [0, 0.1) is 0 Å². The van der Waals surface area contributed by atoms with Gasteiger partial charge < -0.3 is 10.2 Å². The number of carboxylic acid groups (broad SMARTS) is 2. The Labute approximate surface area is 91.5 Å². The molecule has 94 valence electrons. The molecule has 10 heteroatoms. The monoisotopic (exact) mass is 253 g/mol. The Morgan fingerprint density at radius 1 is 1.29 bits per heavy atom. The summed E-state index contributed by atoms with van der Waals surface area (Å²) in [6, 6.07) is 0. The van der Waals surface area contributed by atoms with Crippen molar-refractivity contribution in [2.24, 2.45) is 0 Å². The lowest BCUT2D eigenvalue weighted by Gasteiger charge is -2.08. The molecule has 1 rings (SSSR count). The third-order valence-electron chi connectivity index (χ3n) is 1.74. The molecule has 0 unspecified atom stereocenters. The maximum atomic E-state index is 12.5. The van der Waals surface area contributed by atoms with Gasteiger partial charge in [-0.15, -0.1) is 5.10 Å². The summed E-state index contributed by atoms with van der Waals surface area (Å²) in [6.45, 7) is -0.607. The molecule has 0 aliphatic carbocycles. The number of aliphatic carboxylic acids is 1. The minimum absolute atomic E-state index is 0.220. The number of hydrogen-bond donors (Lipinski definition) is 2. The van der Waals surface area contributed by atoms with E-state index in [1.165, 1.54) is 0 Å². The maximum absolute atomic E-state index is 12.5. The third-order valence-corrected chi connectivity index (χ3v) is 1.74. The summed E-state index contributed by atoms with van der Waals surface area (Å²) in [7, 11) is 0. The fourth-order valence-corrected chi connectivity index (χ4v) is 1.10. The number of rotatable bonds is 4. The fourth-order valence-electron chi connectivity index (χ4n) is 1.10. The highest BCUT2D eigenvalue weighted by Crippen LogP contribution is 2.31. The molecule has 0 aliphatic heterocycles. The van der Waals surface area contributed by atoms with Crippen molar-refractivity contribution in [2.45, 2.75) is 19.1 Å². The van der Waals surface area contributed by atoms with E-state index in [9.17, 15) is 22.8 Å². The van der Waals surface area contributed by atoms with Crippen molar-refractivity contribution in [3.8, 4) is 0 Å². The van der Waals surface area contributed by atoms with Crippen molar-refractivity contribution >= 4 is 11.9 Å². The first-order chi connectivity index (χ1) is 7.73. The van der Waals surface area contributed by atoms with Gasteiger partial charge in [-0.25, -0.2) is 9.48 Å². The van der Waals surface area contributed by atoms with Gasteiger partial charge in [0.1, 0.15) is 0 Å². The molecule has 1 aromatic heterocycles. The van der Waals surface area contributed by atoms with Gasteiger partial charge in [-0.3, -0.25) is 4.79 Å². The minimum Gasteiger partial charge on any atom is -0.481 e. The summed E-state index contributed by atoms with van der Waals surface area (Å²) < 4.78 is 37.8. The molecule has 0 amide bonds. The van der Waals surface area contributed by atoms with Crippen LogP contribution in [-0.2, 0) is 17.5 Å². The van der Waals surface area contributed by atoms with Crippen LogP contribution in [0.25, 0.3) is 0 Å². The normalized spacial score (nSPS) is 11.5. The predicted octanol–water partition coefficient (Wildman–Crippen LogP) is 0.470. The quantitative estimate of drug-likeness (QED) is 0.807. The van der Waals surface area contributed by atoms with Gasteiger partial charge in [-0.1, -0.05) is 5.21 Å².